The maximum Gasteiger partial charge on any atom is 0.262 e. The first-order valence-electron chi connectivity index (χ1n) is 8.64. The van der Waals surface area contributed by atoms with Crippen molar-refractivity contribution in [3.05, 3.63) is 70.0 Å². The molecule has 1 aliphatic carbocycles. The molecule has 5 nitrogen and oxygen atoms in total. The Balaban J connectivity index is 1.66. The van der Waals surface area contributed by atoms with Crippen LogP contribution in [0.1, 0.15) is 24.5 Å². The summed E-state index contributed by atoms with van der Waals surface area (Å²) in [4.78, 5) is 17.2. The molecule has 1 aromatic heterocycles. The van der Waals surface area contributed by atoms with Gasteiger partial charge in [0.25, 0.3) is 5.56 Å². The summed E-state index contributed by atoms with van der Waals surface area (Å²) in [5.74, 6) is 0.498. The van der Waals surface area contributed by atoms with Gasteiger partial charge < -0.3 is 0 Å². The number of para-hydroxylation sites is 1. The lowest BCUT2D eigenvalue weighted by Crippen LogP contribution is -2.24. The minimum atomic E-state index is -0.0372. The van der Waals surface area contributed by atoms with Crippen LogP contribution in [0.5, 0.6) is 0 Å². The summed E-state index contributed by atoms with van der Waals surface area (Å²) in [6, 6.07) is 15.9. The summed E-state index contributed by atoms with van der Waals surface area (Å²) < 4.78 is 1.63. The second kappa shape index (κ2) is 6.51. The fraction of sp³-hybridized carbons (Fsp3) is 0.250. The average Bonchev–Trinajstić information content (AvgIpc) is 2.66. The molecule has 1 heterocycles. The highest BCUT2D eigenvalue weighted by molar-refractivity contribution is 5.89. The summed E-state index contributed by atoms with van der Waals surface area (Å²) in [7, 11) is 0. The Morgan fingerprint density at radius 1 is 1.08 bits per heavy atom. The lowest BCUT2D eigenvalue weighted by atomic mass is 9.90. The molecular formula is C20H20N4O. The van der Waals surface area contributed by atoms with Gasteiger partial charge in [-0.2, -0.15) is 5.10 Å². The van der Waals surface area contributed by atoms with Crippen molar-refractivity contribution in [1.29, 1.82) is 0 Å². The van der Waals surface area contributed by atoms with Crippen molar-refractivity contribution in [3.8, 4) is 0 Å². The lowest BCUT2D eigenvalue weighted by molar-refractivity contribution is 0.723. The third kappa shape index (κ3) is 2.93. The maximum atomic E-state index is 12.6. The molecule has 0 radical (unpaired) electrons. The third-order valence-electron chi connectivity index (χ3n) is 4.69. The Morgan fingerprint density at radius 2 is 1.84 bits per heavy atom. The van der Waals surface area contributed by atoms with Gasteiger partial charge in [0.15, 0.2) is 0 Å². The zero-order chi connectivity index (χ0) is 17.2. The number of aromatic nitrogens is 2. The van der Waals surface area contributed by atoms with Crippen LogP contribution in [0.4, 0.5) is 5.95 Å². The molecule has 1 aliphatic rings. The fourth-order valence-electron chi connectivity index (χ4n) is 3.33. The molecule has 4 rings (SSSR count). The van der Waals surface area contributed by atoms with Gasteiger partial charge in [0.05, 0.1) is 10.9 Å². The first-order chi connectivity index (χ1) is 12.3. The van der Waals surface area contributed by atoms with Gasteiger partial charge >= 0.3 is 0 Å². The van der Waals surface area contributed by atoms with E-state index in [0.29, 0.717) is 23.4 Å². The SMILES string of the molecule is CCn1c(N/N=C2/CCc3ccccc3C2)nc2ccccc2c1=O. The Kier molecular flexibility index (Phi) is 4.06. The summed E-state index contributed by atoms with van der Waals surface area (Å²) in [6.07, 6.45) is 2.77. The minimum Gasteiger partial charge on any atom is -0.277 e. The Bertz CT molecular complexity index is 1020. The predicted octanol–water partition coefficient (Wildman–Crippen LogP) is 3.37. The van der Waals surface area contributed by atoms with Crippen molar-refractivity contribution in [3.63, 3.8) is 0 Å². The van der Waals surface area contributed by atoms with Gasteiger partial charge in [-0.25, -0.2) is 10.4 Å². The monoisotopic (exact) mass is 332 g/mol. The van der Waals surface area contributed by atoms with E-state index in [1.165, 1.54) is 11.1 Å². The molecule has 0 amide bonds. The van der Waals surface area contributed by atoms with E-state index in [4.69, 9.17) is 0 Å². The zero-order valence-corrected chi connectivity index (χ0v) is 14.2. The molecule has 0 bridgehead atoms. The summed E-state index contributed by atoms with van der Waals surface area (Å²) in [5.41, 5.74) is 7.50. The molecule has 0 spiro atoms. The Hall–Kier alpha value is -2.95. The largest absolute Gasteiger partial charge is 0.277 e. The minimum absolute atomic E-state index is 0.0372. The smallest absolute Gasteiger partial charge is 0.262 e. The molecule has 126 valence electrons. The fourth-order valence-corrected chi connectivity index (χ4v) is 3.33. The van der Waals surface area contributed by atoms with Crippen LogP contribution in [-0.2, 0) is 19.4 Å². The van der Waals surface area contributed by atoms with Crippen LogP contribution < -0.4 is 11.0 Å². The van der Waals surface area contributed by atoms with Gasteiger partial charge in [-0.1, -0.05) is 36.4 Å². The summed E-state index contributed by atoms with van der Waals surface area (Å²) in [5, 5.41) is 5.19. The molecule has 5 heteroatoms. The second-order valence-corrected chi connectivity index (χ2v) is 6.24. The van der Waals surface area contributed by atoms with Crippen LogP contribution in [0.2, 0.25) is 0 Å². The van der Waals surface area contributed by atoms with Gasteiger partial charge in [-0.05, 0) is 43.0 Å². The number of hydrogen-bond donors (Lipinski definition) is 1. The molecule has 0 fully saturated rings. The summed E-state index contributed by atoms with van der Waals surface area (Å²) in [6.45, 7) is 2.49. The topological polar surface area (TPSA) is 59.3 Å². The van der Waals surface area contributed by atoms with Crippen LogP contribution in [0.15, 0.2) is 58.4 Å². The average molecular weight is 332 g/mol. The summed E-state index contributed by atoms with van der Waals surface area (Å²) >= 11 is 0. The normalized spacial score (nSPS) is 15.3. The Morgan fingerprint density at radius 3 is 2.68 bits per heavy atom. The van der Waals surface area contributed by atoms with E-state index in [9.17, 15) is 4.79 Å². The standard InChI is InChI=1S/C20H20N4O/c1-2-24-19(25)17-9-5-6-10-18(17)21-20(24)23-22-16-12-11-14-7-3-4-8-15(14)13-16/h3-10H,2,11-13H2,1H3,(H,21,23)/b22-16-. The molecule has 0 saturated carbocycles. The van der Waals surface area contributed by atoms with E-state index < -0.39 is 0 Å². The zero-order valence-electron chi connectivity index (χ0n) is 14.2. The highest BCUT2D eigenvalue weighted by atomic mass is 16.1. The van der Waals surface area contributed by atoms with Crippen LogP contribution >= 0.6 is 0 Å². The van der Waals surface area contributed by atoms with Crippen molar-refractivity contribution in [1.82, 2.24) is 9.55 Å². The first-order valence-corrected chi connectivity index (χ1v) is 8.64. The number of hydrogen-bond acceptors (Lipinski definition) is 4. The molecule has 0 atom stereocenters. The van der Waals surface area contributed by atoms with Crippen molar-refractivity contribution < 1.29 is 0 Å². The van der Waals surface area contributed by atoms with E-state index in [1.807, 2.05) is 31.2 Å². The molecule has 3 aromatic rings. The van der Waals surface area contributed by atoms with Crippen molar-refractivity contribution in [2.75, 3.05) is 5.43 Å². The van der Waals surface area contributed by atoms with Crippen molar-refractivity contribution in [2.24, 2.45) is 5.10 Å². The van der Waals surface area contributed by atoms with E-state index in [0.717, 1.165) is 25.0 Å². The van der Waals surface area contributed by atoms with Crippen LogP contribution in [0, 0.1) is 0 Å². The molecule has 0 aliphatic heterocycles. The number of fused-ring (bicyclic) bond motifs is 2. The molecular weight excluding hydrogens is 312 g/mol. The molecule has 0 unspecified atom stereocenters. The van der Waals surface area contributed by atoms with Gasteiger partial charge in [0.2, 0.25) is 5.95 Å². The predicted molar refractivity (Wildman–Crippen MR) is 101 cm³/mol. The van der Waals surface area contributed by atoms with Gasteiger partial charge in [-0.15, -0.1) is 0 Å². The van der Waals surface area contributed by atoms with Crippen molar-refractivity contribution >= 4 is 22.6 Å². The van der Waals surface area contributed by atoms with Crippen molar-refractivity contribution in [2.45, 2.75) is 32.7 Å². The van der Waals surface area contributed by atoms with Gasteiger partial charge in [0.1, 0.15) is 0 Å². The number of nitrogens with zero attached hydrogens (tertiary/aromatic N) is 3. The third-order valence-corrected chi connectivity index (χ3v) is 4.69. The van der Waals surface area contributed by atoms with E-state index in [1.54, 1.807) is 4.57 Å². The molecule has 2 aromatic carbocycles. The maximum absolute atomic E-state index is 12.6. The number of benzene rings is 2. The highest BCUT2D eigenvalue weighted by Crippen LogP contribution is 2.19. The number of hydrazone groups is 1. The van der Waals surface area contributed by atoms with Crippen LogP contribution in [0.25, 0.3) is 10.9 Å². The lowest BCUT2D eigenvalue weighted by Gasteiger charge is -2.18. The van der Waals surface area contributed by atoms with E-state index in [-0.39, 0.29) is 5.56 Å². The Labute approximate surface area is 146 Å². The van der Waals surface area contributed by atoms with E-state index in [2.05, 4.69) is 39.8 Å². The van der Waals surface area contributed by atoms with E-state index >= 15 is 0 Å². The quantitative estimate of drug-likeness (QED) is 0.748. The molecule has 0 saturated heterocycles. The highest BCUT2D eigenvalue weighted by Gasteiger charge is 2.14. The molecule has 1 N–H and O–H groups in total. The van der Waals surface area contributed by atoms with Gasteiger partial charge in [-0.3, -0.25) is 9.36 Å². The number of aryl methyl sites for hydroxylation is 1. The van der Waals surface area contributed by atoms with Gasteiger partial charge in [0, 0.05) is 18.7 Å². The number of rotatable bonds is 3. The first kappa shape index (κ1) is 15.6. The van der Waals surface area contributed by atoms with Crippen LogP contribution in [0.3, 0.4) is 0 Å². The number of anilines is 1. The van der Waals surface area contributed by atoms with Crippen LogP contribution in [-0.4, -0.2) is 15.3 Å². The second-order valence-electron chi connectivity index (χ2n) is 6.24. The molecule has 25 heavy (non-hydrogen) atoms. The number of nitrogens with one attached hydrogen (secondary N) is 1.